The summed E-state index contributed by atoms with van der Waals surface area (Å²) in [5, 5.41) is 0. The zero-order chi connectivity index (χ0) is 12.6. The van der Waals surface area contributed by atoms with Crippen LogP contribution in [0.15, 0.2) is 24.3 Å². The van der Waals surface area contributed by atoms with Crippen molar-refractivity contribution in [2.75, 3.05) is 7.11 Å². The van der Waals surface area contributed by atoms with Gasteiger partial charge in [0.05, 0.1) is 12.7 Å². The highest BCUT2D eigenvalue weighted by Crippen LogP contribution is 2.26. The summed E-state index contributed by atoms with van der Waals surface area (Å²) in [5.41, 5.74) is 0.544. The highest BCUT2D eigenvalue weighted by Gasteiger charge is 2.27. The number of hydrogen-bond acceptors (Lipinski definition) is 4. The summed E-state index contributed by atoms with van der Waals surface area (Å²) in [6.45, 7) is 0. The molecule has 1 aliphatic carbocycles. The normalized spacial score (nSPS) is 13.5. The van der Waals surface area contributed by atoms with Crippen molar-refractivity contribution in [1.29, 1.82) is 0 Å². The molecule has 86 valence electrons. The van der Waals surface area contributed by atoms with E-state index in [4.69, 9.17) is 0 Å². The Morgan fingerprint density at radius 2 is 1.71 bits per heavy atom. The lowest BCUT2D eigenvalue weighted by atomic mass is 9.91. The molecule has 0 saturated heterocycles. The van der Waals surface area contributed by atoms with E-state index in [1.165, 1.54) is 25.3 Å². The van der Waals surface area contributed by atoms with Crippen LogP contribution in [0.5, 0.6) is 0 Å². The van der Waals surface area contributed by atoms with Crippen LogP contribution in [0.1, 0.15) is 31.1 Å². The number of methoxy groups -OCH3 is 1. The summed E-state index contributed by atoms with van der Waals surface area (Å²) in [4.78, 5) is 35.0. The maximum absolute atomic E-state index is 11.8. The van der Waals surface area contributed by atoms with Gasteiger partial charge in [0.15, 0.2) is 11.6 Å². The molecule has 1 aliphatic rings. The van der Waals surface area contributed by atoms with Gasteiger partial charge in [-0.15, -0.1) is 0 Å². The van der Waals surface area contributed by atoms with Gasteiger partial charge in [0.2, 0.25) is 0 Å². The fourth-order valence-electron chi connectivity index (χ4n) is 1.67. The fourth-order valence-corrected chi connectivity index (χ4v) is 2.39. The van der Waals surface area contributed by atoms with Crippen LogP contribution >= 0.6 is 22.6 Å². The topological polar surface area (TPSA) is 60.4 Å². The quantitative estimate of drug-likeness (QED) is 0.579. The Balaban J connectivity index is 2.77. The molecule has 0 amide bonds. The molecule has 0 N–H and O–H groups in total. The van der Waals surface area contributed by atoms with Gasteiger partial charge in [-0.2, -0.15) is 0 Å². The van der Waals surface area contributed by atoms with E-state index in [2.05, 4.69) is 4.74 Å². The molecule has 4 nitrogen and oxygen atoms in total. The first-order chi connectivity index (χ1) is 8.06. The van der Waals surface area contributed by atoms with E-state index in [1.54, 1.807) is 6.07 Å². The number of fused-ring (bicyclic) bond motifs is 1. The summed E-state index contributed by atoms with van der Waals surface area (Å²) in [7, 11) is 1.23. The van der Waals surface area contributed by atoms with Crippen molar-refractivity contribution in [3.63, 3.8) is 0 Å². The maximum Gasteiger partial charge on any atom is 0.338 e. The summed E-state index contributed by atoms with van der Waals surface area (Å²) in [6, 6.07) is 3.12. The van der Waals surface area contributed by atoms with E-state index >= 15 is 0 Å². The van der Waals surface area contributed by atoms with Crippen LogP contribution in [0.2, 0.25) is 0 Å². The minimum atomic E-state index is -0.617. The predicted octanol–water partition coefficient (Wildman–Crippen LogP) is 2.01. The van der Waals surface area contributed by atoms with Crippen LogP contribution in [0.25, 0.3) is 0 Å². The molecule has 0 spiro atoms. The number of carbonyl (C=O) groups is 3. The first-order valence-corrected chi connectivity index (χ1v) is 5.81. The van der Waals surface area contributed by atoms with Crippen LogP contribution in [0, 0.1) is 3.57 Å². The standard InChI is InChI=1S/C12H7IO4/c1-17-12(16)6-2-3-7(13)11-9(15)5-4-8(14)10(6)11/h2-5H,1H3. The van der Waals surface area contributed by atoms with Gasteiger partial charge in [0.1, 0.15) is 0 Å². The van der Waals surface area contributed by atoms with Crippen LogP contribution < -0.4 is 0 Å². The molecule has 0 aromatic heterocycles. The second kappa shape index (κ2) is 4.40. The molecule has 17 heavy (non-hydrogen) atoms. The van der Waals surface area contributed by atoms with Gasteiger partial charge in [-0.05, 0) is 46.9 Å². The molecular weight excluding hydrogens is 335 g/mol. The van der Waals surface area contributed by atoms with E-state index in [-0.39, 0.29) is 28.3 Å². The molecule has 0 bridgehead atoms. The molecule has 2 rings (SSSR count). The Morgan fingerprint density at radius 1 is 1.12 bits per heavy atom. The predicted molar refractivity (Wildman–Crippen MR) is 68.3 cm³/mol. The van der Waals surface area contributed by atoms with Gasteiger partial charge in [0.25, 0.3) is 0 Å². The second-order valence-corrected chi connectivity index (χ2v) is 4.56. The van der Waals surface area contributed by atoms with E-state index in [9.17, 15) is 14.4 Å². The lowest BCUT2D eigenvalue weighted by Gasteiger charge is -2.14. The number of halogens is 1. The van der Waals surface area contributed by atoms with Gasteiger partial charge >= 0.3 is 5.97 Å². The van der Waals surface area contributed by atoms with E-state index in [0.29, 0.717) is 3.57 Å². The number of esters is 1. The number of rotatable bonds is 1. The Hall–Kier alpha value is -1.50. The van der Waals surface area contributed by atoms with Gasteiger partial charge in [0, 0.05) is 14.7 Å². The summed E-state index contributed by atoms with van der Waals surface area (Å²) in [6.07, 6.45) is 2.39. The van der Waals surface area contributed by atoms with Gasteiger partial charge in [-0.1, -0.05) is 0 Å². The van der Waals surface area contributed by atoms with E-state index in [0.717, 1.165) is 0 Å². The summed E-state index contributed by atoms with van der Waals surface area (Å²) < 4.78 is 5.24. The van der Waals surface area contributed by atoms with Crippen molar-refractivity contribution in [1.82, 2.24) is 0 Å². The third kappa shape index (κ3) is 1.90. The first-order valence-electron chi connectivity index (χ1n) is 4.74. The van der Waals surface area contributed by atoms with E-state index < -0.39 is 5.97 Å². The molecular formula is C12H7IO4. The van der Waals surface area contributed by atoms with Crippen LogP contribution in [0.4, 0.5) is 0 Å². The number of allylic oxidation sites excluding steroid dienone is 2. The zero-order valence-corrected chi connectivity index (χ0v) is 11.0. The molecule has 1 aromatic carbocycles. The molecule has 5 heteroatoms. The fraction of sp³-hybridized carbons (Fsp3) is 0.0833. The van der Waals surface area contributed by atoms with Crippen molar-refractivity contribution in [2.45, 2.75) is 0 Å². The van der Waals surface area contributed by atoms with Gasteiger partial charge in [-0.25, -0.2) is 4.79 Å². The summed E-state index contributed by atoms with van der Waals surface area (Å²) in [5.74, 6) is -1.23. The number of benzene rings is 1. The Kier molecular flexibility index (Phi) is 3.10. The van der Waals surface area contributed by atoms with Crippen molar-refractivity contribution in [3.05, 3.63) is 44.5 Å². The minimum absolute atomic E-state index is 0.130. The van der Waals surface area contributed by atoms with Gasteiger partial charge < -0.3 is 4.74 Å². The monoisotopic (exact) mass is 342 g/mol. The SMILES string of the molecule is COC(=O)c1ccc(I)c2c1C(=O)C=CC2=O. The third-order valence-electron chi connectivity index (χ3n) is 2.44. The van der Waals surface area contributed by atoms with Crippen LogP contribution in [0.3, 0.4) is 0 Å². The number of ketones is 2. The average molecular weight is 342 g/mol. The lowest BCUT2D eigenvalue weighted by Crippen LogP contribution is -2.19. The van der Waals surface area contributed by atoms with E-state index in [1.807, 2.05) is 22.6 Å². The minimum Gasteiger partial charge on any atom is -0.465 e. The molecule has 1 aromatic rings. The Labute approximate surface area is 111 Å². The average Bonchev–Trinajstić information content (AvgIpc) is 2.33. The van der Waals surface area contributed by atoms with Crippen LogP contribution in [-0.4, -0.2) is 24.6 Å². The highest BCUT2D eigenvalue weighted by atomic mass is 127. The highest BCUT2D eigenvalue weighted by molar-refractivity contribution is 14.1. The maximum atomic E-state index is 11.8. The molecule has 0 atom stereocenters. The molecule has 0 heterocycles. The molecule has 0 radical (unpaired) electrons. The zero-order valence-electron chi connectivity index (χ0n) is 8.82. The van der Waals surface area contributed by atoms with Crippen molar-refractivity contribution >= 4 is 40.1 Å². The second-order valence-electron chi connectivity index (χ2n) is 3.40. The third-order valence-corrected chi connectivity index (χ3v) is 3.34. The number of ether oxygens (including phenoxy) is 1. The summed E-state index contributed by atoms with van der Waals surface area (Å²) >= 11 is 1.96. The molecule has 0 aliphatic heterocycles. The van der Waals surface area contributed by atoms with Crippen LogP contribution in [-0.2, 0) is 4.74 Å². The van der Waals surface area contributed by atoms with Crippen molar-refractivity contribution in [3.8, 4) is 0 Å². The molecule has 0 fully saturated rings. The molecule has 0 unspecified atom stereocenters. The lowest BCUT2D eigenvalue weighted by molar-refractivity contribution is 0.0597. The number of hydrogen-bond donors (Lipinski definition) is 0. The number of carbonyl (C=O) groups excluding carboxylic acids is 3. The smallest absolute Gasteiger partial charge is 0.338 e. The Morgan fingerprint density at radius 3 is 2.29 bits per heavy atom. The van der Waals surface area contributed by atoms with Crippen molar-refractivity contribution in [2.24, 2.45) is 0 Å². The van der Waals surface area contributed by atoms with Gasteiger partial charge in [-0.3, -0.25) is 9.59 Å². The van der Waals surface area contributed by atoms with Crippen molar-refractivity contribution < 1.29 is 19.1 Å². The first kappa shape index (κ1) is 12.0. The Bertz CT molecular complexity index is 572. The largest absolute Gasteiger partial charge is 0.465 e. The molecule has 0 saturated carbocycles.